The Morgan fingerprint density at radius 1 is 1.27 bits per heavy atom. The van der Waals surface area contributed by atoms with Crippen molar-refractivity contribution < 1.29 is 14.7 Å². The van der Waals surface area contributed by atoms with Crippen molar-refractivity contribution in [2.75, 3.05) is 11.9 Å². The summed E-state index contributed by atoms with van der Waals surface area (Å²) in [6.45, 7) is 2.17. The number of hydrogen-bond donors (Lipinski definition) is 3. The number of hydrogen-bond acceptors (Lipinski definition) is 5. The zero-order chi connectivity index (χ0) is 18.6. The van der Waals surface area contributed by atoms with Crippen molar-refractivity contribution in [3.05, 3.63) is 46.4 Å². The van der Waals surface area contributed by atoms with Crippen LogP contribution < -0.4 is 10.6 Å². The lowest BCUT2D eigenvalue weighted by Gasteiger charge is -2.28. The first kappa shape index (κ1) is 18.5. The van der Waals surface area contributed by atoms with Gasteiger partial charge in [0.25, 0.3) is 0 Å². The molecule has 2 aromatic rings. The Morgan fingerprint density at radius 2 is 2.04 bits per heavy atom. The number of carbonyl (C=O) groups is 2. The lowest BCUT2D eigenvalue weighted by Crippen LogP contribution is -2.43. The highest BCUT2D eigenvalue weighted by Gasteiger charge is 2.37. The molecule has 1 saturated carbocycles. The van der Waals surface area contributed by atoms with E-state index in [1.54, 1.807) is 36.6 Å². The number of amides is 2. The molecule has 3 N–H and O–H groups in total. The molecule has 3 rings (SSSR count). The number of nitrogens with zero attached hydrogens (tertiary/aromatic N) is 1. The Labute approximate surface area is 156 Å². The zero-order valence-electron chi connectivity index (χ0n) is 14.7. The minimum absolute atomic E-state index is 0.151. The van der Waals surface area contributed by atoms with E-state index < -0.39 is 17.9 Å². The molecule has 0 radical (unpaired) electrons. The third kappa shape index (κ3) is 4.11. The maximum absolute atomic E-state index is 12.2. The van der Waals surface area contributed by atoms with Gasteiger partial charge in [-0.3, -0.25) is 14.6 Å². The van der Waals surface area contributed by atoms with Crippen molar-refractivity contribution in [1.29, 1.82) is 0 Å². The largest absolute Gasteiger partial charge is 0.388 e. The van der Waals surface area contributed by atoms with E-state index >= 15 is 0 Å². The monoisotopic (exact) mass is 373 g/mol. The van der Waals surface area contributed by atoms with E-state index in [1.807, 2.05) is 12.1 Å². The van der Waals surface area contributed by atoms with E-state index in [0.717, 1.165) is 30.6 Å². The standard InChI is InChI=1S/C19H23N3O3S/c1-13(23)15-6-7-16(26-15)19(8-2-3-9-19)12-21-17(24)18(25)22-14-5-4-10-20-11-14/h4-7,10-11,13,23H,2-3,8-9,12H2,1H3,(H,21,24)(H,22,25)/t13-/m1/s1. The summed E-state index contributed by atoms with van der Waals surface area (Å²) in [5, 5.41) is 15.1. The third-order valence-electron chi connectivity index (χ3n) is 4.83. The quantitative estimate of drug-likeness (QED) is 0.703. The predicted octanol–water partition coefficient (Wildman–Crippen LogP) is 2.76. The minimum atomic E-state index is -0.693. The Hall–Kier alpha value is -2.25. The van der Waals surface area contributed by atoms with Crippen LogP contribution in [0.25, 0.3) is 0 Å². The van der Waals surface area contributed by atoms with E-state index in [2.05, 4.69) is 15.6 Å². The molecule has 26 heavy (non-hydrogen) atoms. The average molecular weight is 373 g/mol. The Bertz CT molecular complexity index is 767. The summed E-state index contributed by atoms with van der Waals surface area (Å²) < 4.78 is 0. The van der Waals surface area contributed by atoms with Gasteiger partial charge in [0, 0.05) is 27.9 Å². The van der Waals surface area contributed by atoms with E-state index in [9.17, 15) is 14.7 Å². The fourth-order valence-electron chi connectivity index (χ4n) is 3.38. The van der Waals surface area contributed by atoms with E-state index in [1.165, 1.54) is 11.1 Å². The predicted molar refractivity (Wildman–Crippen MR) is 101 cm³/mol. The smallest absolute Gasteiger partial charge is 0.313 e. The highest BCUT2D eigenvalue weighted by atomic mass is 32.1. The van der Waals surface area contributed by atoms with Crippen LogP contribution >= 0.6 is 11.3 Å². The summed E-state index contributed by atoms with van der Waals surface area (Å²) in [4.78, 5) is 30.3. The van der Waals surface area contributed by atoms with Gasteiger partial charge in [0.05, 0.1) is 18.0 Å². The second-order valence-electron chi connectivity index (χ2n) is 6.74. The van der Waals surface area contributed by atoms with Gasteiger partial charge in [-0.1, -0.05) is 12.8 Å². The number of rotatable bonds is 5. The average Bonchev–Trinajstić information content (AvgIpc) is 3.30. The van der Waals surface area contributed by atoms with E-state index in [0.29, 0.717) is 12.2 Å². The number of thiophene rings is 1. The molecule has 2 heterocycles. The van der Waals surface area contributed by atoms with Crippen LogP contribution in [0.4, 0.5) is 5.69 Å². The molecule has 0 unspecified atom stereocenters. The molecule has 1 aliphatic rings. The van der Waals surface area contributed by atoms with Crippen LogP contribution in [0.3, 0.4) is 0 Å². The van der Waals surface area contributed by atoms with Crippen LogP contribution in [0.1, 0.15) is 48.5 Å². The molecule has 1 atom stereocenters. The van der Waals surface area contributed by atoms with Gasteiger partial charge in [-0.25, -0.2) is 0 Å². The van der Waals surface area contributed by atoms with Crippen LogP contribution in [0, 0.1) is 0 Å². The van der Waals surface area contributed by atoms with Crippen molar-refractivity contribution in [2.45, 2.75) is 44.1 Å². The van der Waals surface area contributed by atoms with Crippen molar-refractivity contribution in [3.8, 4) is 0 Å². The van der Waals surface area contributed by atoms with Gasteiger partial charge in [0.2, 0.25) is 0 Å². The zero-order valence-corrected chi connectivity index (χ0v) is 15.5. The summed E-state index contributed by atoms with van der Waals surface area (Å²) in [5.41, 5.74) is 0.338. The number of aliphatic hydroxyl groups is 1. The molecular formula is C19H23N3O3S. The molecule has 1 fully saturated rings. The molecule has 2 aromatic heterocycles. The highest BCUT2D eigenvalue weighted by molar-refractivity contribution is 7.12. The van der Waals surface area contributed by atoms with Crippen molar-refractivity contribution >= 4 is 28.8 Å². The first-order chi connectivity index (χ1) is 12.5. The van der Waals surface area contributed by atoms with Crippen molar-refractivity contribution in [2.24, 2.45) is 0 Å². The number of anilines is 1. The molecule has 0 saturated heterocycles. The second kappa shape index (κ2) is 7.97. The summed E-state index contributed by atoms with van der Waals surface area (Å²) in [5.74, 6) is -1.34. The second-order valence-corrected chi connectivity index (χ2v) is 7.86. The maximum atomic E-state index is 12.2. The van der Waals surface area contributed by atoms with Gasteiger partial charge in [-0.2, -0.15) is 0 Å². The topological polar surface area (TPSA) is 91.3 Å². The van der Waals surface area contributed by atoms with Gasteiger partial charge < -0.3 is 15.7 Å². The number of carbonyl (C=O) groups excluding carboxylic acids is 2. The lowest BCUT2D eigenvalue weighted by molar-refractivity contribution is -0.136. The molecule has 6 nitrogen and oxygen atoms in total. The highest BCUT2D eigenvalue weighted by Crippen LogP contribution is 2.44. The minimum Gasteiger partial charge on any atom is -0.388 e. The van der Waals surface area contributed by atoms with Gasteiger partial charge >= 0.3 is 11.8 Å². The van der Waals surface area contributed by atoms with E-state index in [4.69, 9.17) is 0 Å². The summed E-state index contributed by atoms with van der Waals surface area (Å²) in [6, 6.07) is 7.36. The van der Waals surface area contributed by atoms with Crippen LogP contribution in [-0.4, -0.2) is 28.4 Å². The summed E-state index contributed by atoms with van der Waals surface area (Å²) in [6.07, 6.45) is 6.73. The SMILES string of the molecule is C[C@@H](O)c1ccc(C2(CNC(=O)C(=O)Nc3cccnc3)CCCC2)s1. The normalized spacial score (nSPS) is 16.8. The van der Waals surface area contributed by atoms with Crippen molar-refractivity contribution in [1.82, 2.24) is 10.3 Å². The van der Waals surface area contributed by atoms with Gasteiger partial charge in [-0.05, 0) is 44.0 Å². The number of aliphatic hydroxyl groups excluding tert-OH is 1. The van der Waals surface area contributed by atoms with Crippen molar-refractivity contribution in [3.63, 3.8) is 0 Å². The van der Waals surface area contributed by atoms with Gasteiger partial charge in [0.1, 0.15) is 0 Å². The first-order valence-corrected chi connectivity index (χ1v) is 9.59. The molecule has 2 amide bonds. The maximum Gasteiger partial charge on any atom is 0.313 e. The van der Waals surface area contributed by atoms with Gasteiger partial charge in [-0.15, -0.1) is 11.3 Å². The number of pyridine rings is 1. The fourth-order valence-corrected chi connectivity index (χ4v) is 4.57. The van der Waals surface area contributed by atoms with Crippen LogP contribution in [0.2, 0.25) is 0 Å². The number of nitrogens with one attached hydrogen (secondary N) is 2. The molecule has 0 bridgehead atoms. The summed E-state index contributed by atoms with van der Waals surface area (Å²) >= 11 is 1.59. The van der Waals surface area contributed by atoms with E-state index in [-0.39, 0.29) is 5.41 Å². The van der Waals surface area contributed by atoms with Crippen LogP contribution in [0.5, 0.6) is 0 Å². The Balaban J connectivity index is 1.65. The molecule has 7 heteroatoms. The lowest BCUT2D eigenvalue weighted by atomic mass is 9.84. The molecule has 138 valence electrons. The first-order valence-electron chi connectivity index (χ1n) is 8.78. The molecule has 0 spiro atoms. The third-order valence-corrected chi connectivity index (χ3v) is 6.34. The molecule has 0 aliphatic heterocycles. The fraction of sp³-hybridized carbons (Fsp3) is 0.421. The number of aromatic nitrogens is 1. The molecule has 0 aromatic carbocycles. The van der Waals surface area contributed by atoms with Crippen LogP contribution in [0.15, 0.2) is 36.7 Å². The Morgan fingerprint density at radius 3 is 2.65 bits per heavy atom. The van der Waals surface area contributed by atoms with Crippen LogP contribution in [-0.2, 0) is 15.0 Å². The summed E-state index contributed by atoms with van der Waals surface area (Å²) in [7, 11) is 0. The molecule has 1 aliphatic carbocycles. The molecular weight excluding hydrogens is 350 g/mol. The Kier molecular flexibility index (Phi) is 5.68. The van der Waals surface area contributed by atoms with Gasteiger partial charge in [0.15, 0.2) is 0 Å².